The molecule has 0 aromatic rings. The fourth-order valence-electron chi connectivity index (χ4n) is 6.59. The van der Waals surface area contributed by atoms with E-state index in [2.05, 4.69) is 25.1 Å². The molecule has 22 heavy (non-hydrogen) atoms. The van der Waals surface area contributed by atoms with Crippen LogP contribution >= 0.6 is 0 Å². The van der Waals surface area contributed by atoms with E-state index < -0.39 is 0 Å². The van der Waals surface area contributed by atoms with Crippen molar-refractivity contribution in [3.05, 3.63) is 11.6 Å². The molecule has 4 unspecified atom stereocenters. The zero-order valence-corrected chi connectivity index (χ0v) is 13.9. The number of rotatable bonds is 0. The highest BCUT2D eigenvalue weighted by Gasteiger charge is 2.57. The summed E-state index contributed by atoms with van der Waals surface area (Å²) in [4.78, 5) is 0. The highest BCUT2D eigenvalue weighted by molar-refractivity contribution is 5.92. The Morgan fingerprint density at radius 1 is 1.09 bits per heavy atom. The van der Waals surface area contributed by atoms with Crippen LogP contribution in [0.3, 0.4) is 0 Å². The smallest absolute Gasteiger partial charge is 0.0632 e. The quantitative estimate of drug-likeness (QED) is 0.401. The van der Waals surface area contributed by atoms with Gasteiger partial charge in [0.1, 0.15) is 0 Å². The molecule has 3 saturated carbocycles. The average Bonchev–Trinajstić information content (AvgIpc) is 2.84. The third-order valence-electron chi connectivity index (χ3n) is 7.94. The van der Waals surface area contributed by atoms with Crippen LogP contribution in [0.2, 0.25) is 0 Å². The maximum absolute atomic E-state index is 10.0. The first-order valence-corrected chi connectivity index (χ1v) is 9.08. The van der Waals surface area contributed by atoms with Crippen molar-refractivity contribution in [2.45, 2.75) is 71.3 Å². The lowest BCUT2D eigenvalue weighted by molar-refractivity contribution is -0.0213. The molecule has 0 aliphatic heterocycles. The molecule has 4 aliphatic carbocycles. The van der Waals surface area contributed by atoms with Crippen LogP contribution in [0.1, 0.15) is 65.2 Å². The van der Waals surface area contributed by atoms with E-state index >= 15 is 0 Å². The number of nitrogens with zero attached hydrogens (tertiary/aromatic N) is 1. The van der Waals surface area contributed by atoms with Gasteiger partial charge in [-0.05, 0) is 74.5 Å². The Balaban J connectivity index is 1.69. The molecule has 0 heterocycles. The number of aliphatic hydroxyl groups excluding tert-OH is 1. The Hall–Kier alpha value is -0.830. The predicted octanol–water partition coefficient (Wildman–Crippen LogP) is 4.14. The van der Waals surface area contributed by atoms with Crippen LogP contribution in [0, 0.1) is 28.6 Å². The first kappa shape index (κ1) is 14.7. The van der Waals surface area contributed by atoms with Gasteiger partial charge in [-0.2, -0.15) is 0 Å². The van der Waals surface area contributed by atoms with Gasteiger partial charge in [-0.15, -0.1) is 0 Å². The van der Waals surface area contributed by atoms with Crippen molar-refractivity contribution in [3.63, 3.8) is 0 Å². The molecule has 0 radical (unpaired) electrons. The van der Waals surface area contributed by atoms with Gasteiger partial charge in [0.25, 0.3) is 0 Å². The lowest BCUT2D eigenvalue weighted by atomic mass is 9.48. The number of oxime groups is 1. The standard InChI is InChI=1S/C19H29NO2/c1-18-9-7-13(21)11-12(18)3-4-14-15-5-6-17(20-22)19(15,2)10-8-16(14)18/h3,13-16,21-22H,4-11H2,1-2H3/b20-17-/t13?,14?,15?,16?,18-,19-/m0/s1. The highest BCUT2D eigenvalue weighted by Crippen LogP contribution is 2.64. The van der Waals surface area contributed by atoms with Gasteiger partial charge in [-0.25, -0.2) is 0 Å². The summed E-state index contributed by atoms with van der Waals surface area (Å²) in [6, 6.07) is 0. The Bertz CT molecular complexity index is 540. The van der Waals surface area contributed by atoms with Gasteiger partial charge in [0, 0.05) is 5.41 Å². The zero-order chi connectivity index (χ0) is 15.5. The van der Waals surface area contributed by atoms with E-state index in [0.717, 1.165) is 43.2 Å². The van der Waals surface area contributed by atoms with Crippen LogP contribution in [0.4, 0.5) is 0 Å². The van der Waals surface area contributed by atoms with Gasteiger partial charge in [0.2, 0.25) is 0 Å². The van der Waals surface area contributed by atoms with E-state index in [1.165, 1.54) is 31.3 Å². The molecule has 0 bridgehead atoms. The molecule has 0 saturated heterocycles. The van der Waals surface area contributed by atoms with Crippen molar-refractivity contribution in [2.24, 2.45) is 33.7 Å². The molecule has 0 aromatic carbocycles. The lowest BCUT2D eigenvalue weighted by Crippen LogP contribution is -2.50. The van der Waals surface area contributed by atoms with Gasteiger partial charge in [0.05, 0.1) is 11.8 Å². The normalized spacial score (nSPS) is 52.7. The van der Waals surface area contributed by atoms with Crippen LogP contribution in [-0.4, -0.2) is 22.1 Å². The number of hydrogen-bond acceptors (Lipinski definition) is 3. The van der Waals surface area contributed by atoms with E-state index in [9.17, 15) is 10.3 Å². The molecule has 0 amide bonds. The monoisotopic (exact) mass is 303 g/mol. The maximum atomic E-state index is 10.0. The van der Waals surface area contributed by atoms with Gasteiger partial charge in [0.15, 0.2) is 0 Å². The summed E-state index contributed by atoms with van der Waals surface area (Å²) in [6.45, 7) is 4.79. The Kier molecular flexibility index (Phi) is 3.24. The van der Waals surface area contributed by atoms with Crippen LogP contribution < -0.4 is 0 Å². The van der Waals surface area contributed by atoms with Gasteiger partial charge >= 0.3 is 0 Å². The summed E-state index contributed by atoms with van der Waals surface area (Å²) >= 11 is 0. The largest absolute Gasteiger partial charge is 0.411 e. The summed E-state index contributed by atoms with van der Waals surface area (Å²) in [5.41, 5.74) is 3.02. The summed E-state index contributed by atoms with van der Waals surface area (Å²) in [5.74, 6) is 2.18. The Labute approximate surface area is 133 Å². The van der Waals surface area contributed by atoms with Crippen LogP contribution in [0.25, 0.3) is 0 Å². The van der Waals surface area contributed by atoms with E-state index in [-0.39, 0.29) is 11.5 Å². The summed E-state index contributed by atoms with van der Waals surface area (Å²) < 4.78 is 0. The SMILES string of the molecule is C[C@]12CCC(O)CC1=CCC1C2CC[C@]2(C)/C(=N\O)CCC12. The lowest BCUT2D eigenvalue weighted by Gasteiger charge is -2.57. The van der Waals surface area contributed by atoms with Crippen molar-refractivity contribution >= 4 is 5.71 Å². The molecular formula is C19H29NO2. The molecule has 3 heteroatoms. The molecule has 122 valence electrons. The third-order valence-corrected chi connectivity index (χ3v) is 7.94. The summed E-state index contributed by atoms with van der Waals surface area (Å²) in [5, 5.41) is 23.1. The van der Waals surface area contributed by atoms with Crippen molar-refractivity contribution in [2.75, 3.05) is 0 Å². The van der Waals surface area contributed by atoms with E-state index in [1.54, 1.807) is 0 Å². The van der Waals surface area contributed by atoms with Crippen molar-refractivity contribution in [1.82, 2.24) is 0 Å². The second-order valence-corrected chi connectivity index (χ2v) is 8.70. The number of hydrogen-bond donors (Lipinski definition) is 2. The van der Waals surface area contributed by atoms with Crippen molar-refractivity contribution < 1.29 is 10.3 Å². The Morgan fingerprint density at radius 2 is 1.82 bits per heavy atom. The van der Waals surface area contributed by atoms with E-state index in [4.69, 9.17) is 0 Å². The second-order valence-electron chi connectivity index (χ2n) is 8.70. The minimum atomic E-state index is -0.121. The first-order chi connectivity index (χ1) is 10.5. The number of allylic oxidation sites excluding steroid dienone is 1. The minimum absolute atomic E-state index is 0.121. The summed E-state index contributed by atoms with van der Waals surface area (Å²) in [7, 11) is 0. The zero-order valence-electron chi connectivity index (χ0n) is 13.9. The van der Waals surface area contributed by atoms with E-state index in [1.807, 2.05) is 0 Å². The second kappa shape index (κ2) is 4.83. The fourth-order valence-corrected chi connectivity index (χ4v) is 6.59. The molecular weight excluding hydrogens is 274 g/mol. The molecule has 4 rings (SSSR count). The minimum Gasteiger partial charge on any atom is -0.411 e. The average molecular weight is 303 g/mol. The van der Waals surface area contributed by atoms with Gasteiger partial charge in [-0.1, -0.05) is 30.7 Å². The molecule has 4 aliphatic rings. The fraction of sp³-hybridized carbons (Fsp3) is 0.842. The summed E-state index contributed by atoms with van der Waals surface area (Å²) in [6.07, 6.45) is 11.1. The first-order valence-electron chi connectivity index (χ1n) is 9.08. The molecule has 0 aromatic heterocycles. The van der Waals surface area contributed by atoms with E-state index in [0.29, 0.717) is 11.3 Å². The van der Waals surface area contributed by atoms with Crippen LogP contribution in [0.15, 0.2) is 16.8 Å². The topological polar surface area (TPSA) is 52.8 Å². The molecule has 2 N–H and O–H groups in total. The highest BCUT2D eigenvalue weighted by atomic mass is 16.4. The van der Waals surface area contributed by atoms with Gasteiger partial charge in [-0.3, -0.25) is 0 Å². The number of aliphatic hydroxyl groups is 1. The Morgan fingerprint density at radius 3 is 2.59 bits per heavy atom. The molecule has 3 fully saturated rings. The molecule has 3 nitrogen and oxygen atoms in total. The number of fused-ring (bicyclic) bond motifs is 5. The van der Waals surface area contributed by atoms with Crippen molar-refractivity contribution in [3.8, 4) is 0 Å². The predicted molar refractivity (Wildman–Crippen MR) is 86.9 cm³/mol. The molecule has 6 atom stereocenters. The maximum Gasteiger partial charge on any atom is 0.0632 e. The molecule has 0 spiro atoms. The van der Waals surface area contributed by atoms with Gasteiger partial charge < -0.3 is 10.3 Å². The van der Waals surface area contributed by atoms with Crippen molar-refractivity contribution in [1.29, 1.82) is 0 Å². The third kappa shape index (κ3) is 1.81. The van der Waals surface area contributed by atoms with Crippen LogP contribution in [0.5, 0.6) is 0 Å². The van der Waals surface area contributed by atoms with Crippen LogP contribution in [-0.2, 0) is 0 Å².